The SMILES string of the molecule is C1=CC2C=Cc3c(c4ccccc4n3-c3ccc4c(c3)oc3cccc(-c5nc(-c6ccccc6)nc(-c6ccccc6)n5)c34)C2C=C1. The molecule has 2 aliphatic rings. The van der Waals surface area contributed by atoms with Crippen molar-refractivity contribution in [1.82, 2.24) is 19.5 Å². The minimum atomic E-state index is 0.320. The Hall–Kier alpha value is -6.33. The van der Waals surface area contributed by atoms with Crippen LogP contribution >= 0.6 is 0 Å². The molecular weight excluding hydrogens is 589 g/mol. The zero-order chi connectivity index (χ0) is 31.6. The van der Waals surface area contributed by atoms with Crippen LogP contribution in [0.5, 0.6) is 0 Å². The fourth-order valence-corrected chi connectivity index (χ4v) is 7.45. The normalized spacial score (nSPS) is 16.5. The van der Waals surface area contributed by atoms with Crippen LogP contribution in [0.15, 0.2) is 156 Å². The van der Waals surface area contributed by atoms with Gasteiger partial charge in [-0.1, -0.05) is 121 Å². The summed E-state index contributed by atoms with van der Waals surface area (Å²) >= 11 is 0. The summed E-state index contributed by atoms with van der Waals surface area (Å²) in [5, 5.41) is 3.30. The lowest BCUT2D eigenvalue weighted by Crippen LogP contribution is -2.13. The Morgan fingerprint density at radius 2 is 1.27 bits per heavy atom. The molecule has 0 spiro atoms. The van der Waals surface area contributed by atoms with Gasteiger partial charge >= 0.3 is 0 Å². The summed E-state index contributed by atoms with van der Waals surface area (Å²) < 4.78 is 8.98. The van der Waals surface area contributed by atoms with Crippen LogP contribution in [0.25, 0.3) is 78.8 Å². The topological polar surface area (TPSA) is 56.7 Å². The van der Waals surface area contributed by atoms with Crippen molar-refractivity contribution < 1.29 is 4.42 Å². The van der Waals surface area contributed by atoms with Gasteiger partial charge in [-0.25, -0.2) is 15.0 Å². The molecule has 0 aliphatic heterocycles. The van der Waals surface area contributed by atoms with Gasteiger partial charge < -0.3 is 8.98 Å². The van der Waals surface area contributed by atoms with Crippen molar-refractivity contribution in [3.05, 3.63) is 163 Å². The first-order valence-electron chi connectivity index (χ1n) is 16.3. The number of hydrogen-bond acceptors (Lipinski definition) is 4. The lowest BCUT2D eigenvalue weighted by molar-refractivity contribution is 0.668. The average molecular weight is 617 g/mol. The van der Waals surface area contributed by atoms with E-state index >= 15 is 0 Å². The Balaban J connectivity index is 1.16. The summed E-state index contributed by atoms with van der Waals surface area (Å²) in [6.45, 7) is 0. The highest BCUT2D eigenvalue weighted by atomic mass is 16.3. The maximum absolute atomic E-state index is 6.60. The summed E-state index contributed by atoms with van der Waals surface area (Å²) in [6, 6.07) is 41.5. The Bertz CT molecular complexity index is 2570. The predicted molar refractivity (Wildman–Crippen MR) is 194 cm³/mol. The van der Waals surface area contributed by atoms with Crippen LogP contribution in [0.4, 0.5) is 0 Å². The third-order valence-electron chi connectivity index (χ3n) is 9.62. The molecule has 2 unspecified atom stereocenters. The highest BCUT2D eigenvalue weighted by Crippen LogP contribution is 2.45. The monoisotopic (exact) mass is 616 g/mol. The third kappa shape index (κ3) is 4.14. The maximum Gasteiger partial charge on any atom is 0.164 e. The Labute approximate surface area is 276 Å². The van der Waals surface area contributed by atoms with Crippen LogP contribution in [0, 0.1) is 5.92 Å². The molecule has 48 heavy (non-hydrogen) atoms. The molecule has 0 saturated carbocycles. The molecule has 5 aromatic carbocycles. The van der Waals surface area contributed by atoms with Gasteiger partial charge in [-0.3, -0.25) is 0 Å². The van der Waals surface area contributed by atoms with E-state index < -0.39 is 0 Å². The summed E-state index contributed by atoms with van der Waals surface area (Å²) in [7, 11) is 0. The minimum absolute atomic E-state index is 0.320. The molecule has 0 saturated heterocycles. The molecule has 8 aromatic rings. The second-order valence-corrected chi connectivity index (χ2v) is 12.4. The van der Waals surface area contributed by atoms with Crippen LogP contribution in [0.2, 0.25) is 0 Å². The van der Waals surface area contributed by atoms with Gasteiger partial charge in [0.1, 0.15) is 11.2 Å². The van der Waals surface area contributed by atoms with E-state index in [1.165, 1.54) is 22.2 Å². The van der Waals surface area contributed by atoms with Gasteiger partial charge in [0.2, 0.25) is 0 Å². The van der Waals surface area contributed by atoms with Gasteiger partial charge in [0.05, 0.1) is 11.2 Å². The summed E-state index contributed by atoms with van der Waals surface area (Å²) in [5.74, 6) is 2.57. The molecular formula is C43H28N4O. The first-order chi connectivity index (χ1) is 23.8. The van der Waals surface area contributed by atoms with Crippen molar-refractivity contribution in [1.29, 1.82) is 0 Å². The lowest BCUT2D eigenvalue weighted by atomic mass is 9.78. The minimum Gasteiger partial charge on any atom is -0.456 e. The van der Waals surface area contributed by atoms with Crippen LogP contribution in [0.3, 0.4) is 0 Å². The number of fused-ring (bicyclic) bond motifs is 8. The van der Waals surface area contributed by atoms with Gasteiger partial charge in [-0.15, -0.1) is 0 Å². The second-order valence-electron chi connectivity index (χ2n) is 12.4. The third-order valence-corrected chi connectivity index (χ3v) is 9.62. The van der Waals surface area contributed by atoms with E-state index in [9.17, 15) is 0 Å². The van der Waals surface area contributed by atoms with E-state index in [2.05, 4.69) is 89.6 Å². The average Bonchev–Trinajstić information content (AvgIpc) is 3.71. The molecule has 0 N–H and O–H groups in total. The Kier molecular flexibility index (Phi) is 5.93. The predicted octanol–water partition coefficient (Wildman–Crippen LogP) is 10.6. The number of furan rings is 1. The van der Waals surface area contributed by atoms with E-state index in [4.69, 9.17) is 19.4 Å². The number of para-hydroxylation sites is 1. The first-order valence-corrected chi connectivity index (χ1v) is 16.3. The van der Waals surface area contributed by atoms with E-state index in [1.807, 2.05) is 72.8 Å². The number of benzene rings is 5. The number of hydrogen-bond donors (Lipinski definition) is 0. The molecule has 3 aromatic heterocycles. The molecule has 2 aliphatic carbocycles. The van der Waals surface area contributed by atoms with Crippen LogP contribution in [0.1, 0.15) is 17.2 Å². The quantitative estimate of drug-likeness (QED) is 0.197. The van der Waals surface area contributed by atoms with Crippen molar-refractivity contribution in [2.24, 2.45) is 5.92 Å². The molecule has 5 nitrogen and oxygen atoms in total. The van der Waals surface area contributed by atoms with E-state index in [0.717, 1.165) is 44.3 Å². The molecule has 2 atom stereocenters. The standard InChI is InChI=1S/C43H28N4O/c1-3-13-28(14-4-1)41-44-42(29-15-5-2-6-16-29)46-43(45-41)34-19-11-21-37-40(34)33-24-23-30(26-38(33)48-37)47-35-20-10-9-18-32(35)39-31-17-8-7-12-27(31)22-25-36(39)47/h1-27,31H. The highest BCUT2D eigenvalue weighted by molar-refractivity contribution is 6.12. The molecule has 0 radical (unpaired) electrons. The largest absolute Gasteiger partial charge is 0.456 e. The van der Waals surface area contributed by atoms with Crippen LogP contribution in [-0.4, -0.2) is 19.5 Å². The van der Waals surface area contributed by atoms with Crippen molar-refractivity contribution in [3.63, 3.8) is 0 Å². The zero-order valence-corrected chi connectivity index (χ0v) is 25.9. The van der Waals surface area contributed by atoms with Gasteiger partial charge in [0, 0.05) is 56.4 Å². The van der Waals surface area contributed by atoms with Crippen molar-refractivity contribution in [3.8, 4) is 39.9 Å². The lowest BCUT2D eigenvalue weighted by Gasteiger charge is -2.26. The molecule has 10 rings (SSSR count). The van der Waals surface area contributed by atoms with Crippen molar-refractivity contribution in [2.45, 2.75) is 5.92 Å². The van der Waals surface area contributed by atoms with Gasteiger partial charge in [0.25, 0.3) is 0 Å². The van der Waals surface area contributed by atoms with E-state index in [0.29, 0.717) is 29.3 Å². The van der Waals surface area contributed by atoms with Crippen molar-refractivity contribution >= 4 is 38.9 Å². The number of nitrogens with zero attached hydrogens (tertiary/aromatic N) is 4. The highest BCUT2D eigenvalue weighted by Gasteiger charge is 2.30. The molecule has 0 bridgehead atoms. The van der Waals surface area contributed by atoms with Gasteiger partial charge in [-0.2, -0.15) is 0 Å². The Morgan fingerprint density at radius 3 is 2.06 bits per heavy atom. The fraction of sp³-hybridized carbons (Fsp3) is 0.0465. The maximum atomic E-state index is 6.60. The molecule has 5 heteroatoms. The summed E-state index contributed by atoms with van der Waals surface area (Å²) in [6.07, 6.45) is 13.6. The van der Waals surface area contributed by atoms with Crippen LogP contribution < -0.4 is 0 Å². The van der Waals surface area contributed by atoms with E-state index in [-0.39, 0.29) is 0 Å². The van der Waals surface area contributed by atoms with Crippen LogP contribution in [-0.2, 0) is 0 Å². The zero-order valence-electron chi connectivity index (χ0n) is 25.9. The van der Waals surface area contributed by atoms with Gasteiger partial charge in [0.15, 0.2) is 17.5 Å². The van der Waals surface area contributed by atoms with Gasteiger partial charge in [-0.05, 0) is 35.9 Å². The number of aromatic nitrogens is 4. The number of allylic oxidation sites excluding steroid dienone is 5. The fourth-order valence-electron chi connectivity index (χ4n) is 7.45. The smallest absolute Gasteiger partial charge is 0.164 e. The van der Waals surface area contributed by atoms with E-state index in [1.54, 1.807) is 0 Å². The number of rotatable bonds is 4. The Morgan fingerprint density at radius 1 is 0.562 bits per heavy atom. The first kappa shape index (κ1) is 26.8. The molecule has 0 amide bonds. The molecule has 3 heterocycles. The second kappa shape index (κ2) is 10.6. The summed E-state index contributed by atoms with van der Waals surface area (Å²) in [4.78, 5) is 14.9. The van der Waals surface area contributed by atoms with Crippen molar-refractivity contribution in [2.75, 3.05) is 0 Å². The molecule has 226 valence electrons. The summed E-state index contributed by atoms with van der Waals surface area (Å²) in [5.41, 5.74) is 9.26. The molecule has 0 fully saturated rings.